The maximum absolute atomic E-state index is 12.5. The number of amides is 1. The van der Waals surface area contributed by atoms with Crippen LogP contribution in [0.15, 0.2) is 18.2 Å². The minimum Gasteiger partial charge on any atom is -0.394 e. The number of aliphatic hydroxyl groups excluding tert-OH is 1. The maximum Gasteiger partial charge on any atom is 0.292 e. The fourth-order valence-electron chi connectivity index (χ4n) is 2.65. The van der Waals surface area contributed by atoms with Gasteiger partial charge in [0, 0.05) is 25.2 Å². The van der Waals surface area contributed by atoms with Crippen molar-refractivity contribution in [2.24, 2.45) is 0 Å². The minimum absolute atomic E-state index is 0.0579. The molecule has 21 heavy (non-hydrogen) atoms. The molecule has 2 rings (SSSR count). The predicted molar refractivity (Wildman–Crippen MR) is 78.4 cm³/mol. The van der Waals surface area contributed by atoms with Gasteiger partial charge in [0.25, 0.3) is 11.6 Å². The molecule has 0 aromatic heterocycles. The molecule has 1 aliphatic heterocycles. The van der Waals surface area contributed by atoms with E-state index >= 15 is 0 Å². The molecule has 0 saturated carbocycles. The summed E-state index contributed by atoms with van der Waals surface area (Å²) in [4.78, 5) is 24.6. The molecule has 1 amide bonds. The van der Waals surface area contributed by atoms with E-state index in [1.54, 1.807) is 11.9 Å². The maximum atomic E-state index is 12.5. The van der Waals surface area contributed by atoms with E-state index in [9.17, 15) is 20.0 Å². The Balaban J connectivity index is 2.28. The summed E-state index contributed by atoms with van der Waals surface area (Å²) in [5.41, 5.74) is 0.639. The summed E-state index contributed by atoms with van der Waals surface area (Å²) in [6.07, 6.45) is 2.69. The molecule has 1 saturated heterocycles. The van der Waals surface area contributed by atoms with E-state index in [4.69, 9.17) is 0 Å². The van der Waals surface area contributed by atoms with Gasteiger partial charge in [0.2, 0.25) is 0 Å². The van der Waals surface area contributed by atoms with E-state index in [-0.39, 0.29) is 24.2 Å². The number of carbonyl (C=O) groups excluding carboxylic acids is 1. The number of nitro benzene ring substituents is 1. The first-order valence-electron chi connectivity index (χ1n) is 6.96. The van der Waals surface area contributed by atoms with Crippen molar-refractivity contribution in [3.63, 3.8) is 0 Å². The lowest BCUT2D eigenvalue weighted by atomic mass is 10.0. The molecule has 1 heterocycles. The predicted octanol–water partition coefficient (Wildman–Crippen LogP) is 1.62. The summed E-state index contributed by atoms with van der Waals surface area (Å²) in [7, 11) is 1.58. The zero-order chi connectivity index (χ0) is 15.4. The molecule has 0 aliphatic carbocycles. The van der Waals surface area contributed by atoms with E-state index in [0.29, 0.717) is 17.8 Å². The molecule has 1 aliphatic rings. The molecule has 1 atom stereocenters. The van der Waals surface area contributed by atoms with Crippen molar-refractivity contribution in [3.05, 3.63) is 33.9 Å². The minimum atomic E-state index is -0.489. The normalized spacial score (nSPS) is 18.4. The number of anilines is 1. The van der Waals surface area contributed by atoms with Gasteiger partial charge in [-0.1, -0.05) is 0 Å². The van der Waals surface area contributed by atoms with Gasteiger partial charge in [0.05, 0.1) is 17.6 Å². The average Bonchev–Trinajstić information content (AvgIpc) is 2.53. The van der Waals surface area contributed by atoms with Gasteiger partial charge < -0.3 is 15.3 Å². The second-order valence-electron chi connectivity index (χ2n) is 5.07. The van der Waals surface area contributed by atoms with Crippen LogP contribution in [0.1, 0.15) is 29.6 Å². The molecular weight excluding hydrogens is 274 g/mol. The molecule has 0 bridgehead atoms. The molecule has 1 aromatic rings. The van der Waals surface area contributed by atoms with Gasteiger partial charge in [-0.15, -0.1) is 0 Å². The average molecular weight is 293 g/mol. The number of rotatable bonds is 4. The summed E-state index contributed by atoms with van der Waals surface area (Å²) in [6, 6.07) is 4.12. The highest BCUT2D eigenvalue weighted by atomic mass is 16.6. The Morgan fingerprint density at radius 1 is 1.52 bits per heavy atom. The first kappa shape index (κ1) is 15.2. The summed E-state index contributed by atoms with van der Waals surface area (Å²) in [5, 5.41) is 23.0. The molecule has 0 spiro atoms. The van der Waals surface area contributed by atoms with E-state index in [1.165, 1.54) is 18.2 Å². The van der Waals surface area contributed by atoms with Crippen molar-refractivity contribution < 1.29 is 14.8 Å². The number of nitrogens with one attached hydrogen (secondary N) is 1. The third-order valence-electron chi connectivity index (χ3n) is 3.81. The highest BCUT2D eigenvalue weighted by Gasteiger charge is 2.27. The Labute approximate surface area is 122 Å². The number of benzene rings is 1. The summed E-state index contributed by atoms with van der Waals surface area (Å²) in [5.74, 6) is -0.194. The molecule has 1 fully saturated rings. The van der Waals surface area contributed by atoms with Crippen molar-refractivity contribution in [1.82, 2.24) is 4.90 Å². The van der Waals surface area contributed by atoms with Crippen LogP contribution in [0.2, 0.25) is 0 Å². The second kappa shape index (κ2) is 6.53. The molecular formula is C14H19N3O4. The van der Waals surface area contributed by atoms with Gasteiger partial charge in [0.1, 0.15) is 5.69 Å². The van der Waals surface area contributed by atoms with Gasteiger partial charge >= 0.3 is 0 Å². The Morgan fingerprint density at radius 2 is 2.29 bits per heavy atom. The molecule has 1 unspecified atom stereocenters. The third-order valence-corrected chi connectivity index (χ3v) is 3.81. The number of piperidine rings is 1. The number of hydrogen-bond donors (Lipinski definition) is 2. The van der Waals surface area contributed by atoms with Crippen LogP contribution in [0, 0.1) is 10.1 Å². The van der Waals surface area contributed by atoms with Crippen LogP contribution in [0.3, 0.4) is 0 Å². The molecule has 7 nitrogen and oxygen atoms in total. The lowest BCUT2D eigenvalue weighted by molar-refractivity contribution is -0.383. The van der Waals surface area contributed by atoms with Gasteiger partial charge in [-0.05, 0) is 31.4 Å². The number of nitrogens with zero attached hydrogens (tertiary/aromatic N) is 2. The van der Waals surface area contributed by atoms with Crippen LogP contribution in [-0.2, 0) is 0 Å². The topological polar surface area (TPSA) is 95.7 Å². The highest BCUT2D eigenvalue weighted by Crippen LogP contribution is 2.27. The van der Waals surface area contributed by atoms with E-state index in [0.717, 1.165) is 19.3 Å². The SMILES string of the molecule is CNc1cc(C(=O)N2CCCCC2CO)ccc1[N+](=O)[O-]. The zero-order valence-electron chi connectivity index (χ0n) is 11.9. The lowest BCUT2D eigenvalue weighted by Gasteiger charge is -2.34. The van der Waals surface area contributed by atoms with Crippen LogP contribution in [-0.4, -0.2) is 47.1 Å². The summed E-state index contributed by atoms with van der Waals surface area (Å²) in [6.45, 7) is 0.549. The molecule has 0 radical (unpaired) electrons. The zero-order valence-corrected chi connectivity index (χ0v) is 11.9. The Morgan fingerprint density at radius 3 is 2.90 bits per heavy atom. The third kappa shape index (κ3) is 3.13. The van der Waals surface area contributed by atoms with Crippen LogP contribution < -0.4 is 5.32 Å². The highest BCUT2D eigenvalue weighted by molar-refractivity contribution is 5.96. The van der Waals surface area contributed by atoms with Gasteiger partial charge in [-0.2, -0.15) is 0 Å². The van der Waals surface area contributed by atoms with Crippen LogP contribution in [0.5, 0.6) is 0 Å². The lowest BCUT2D eigenvalue weighted by Crippen LogP contribution is -2.45. The fraction of sp³-hybridized carbons (Fsp3) is 0.500. The quantitative estimate of drug-likeness (QED) is 0.649. The van der Waals surface area contributed by atoms with E-state index < -0.39 is 4.92 Å². The Kier molecular flexibility index (Phi) is 4.74. The second-order valence-corrected chi connectivity index (χ2v) is 5.07. The van der Waals surface area contributed by atoms with Crippen molar-refractivity contribution >= 4 is 17.3 Å². The number of hydrogen-bond acceptors (Lipinski definition) is 5. The molecule has 2 N–H and O–H groups in total. The van der Waals surface area contributed by atoms with Crippen molar-refractivity contribution in [3.8, 4) is 0 Å². The van der Waals surface area contributed by atoms with Gasteiger partial charge in [-0.25, -0.2) is 0 Å². The standard InChI is InChI=1S/C14H19N3O4/c1-15-12-8-10(5-6-13(12)17(20)21)14(19)16-7-3-2-4-11(16)9-18/h5-6,8,11,15,18H,2-4,7,9H2,1H3. The van der Waals surface area contributed by atoms with Crippen molar-refractivity contribution in [2.45, 2.75) is 25.3 Å². The Bertz CT molecular complexity index is 547. The van der Waals surface area contributed by atoms with Crippen molar-refractivity contribution in [1.29, 1.82) is 0 Å². The van der Waals surface area contributed by atoms with Crippen LogP contribution in [0.25, 0.3) is 0 Å². The number of carbonyl (C=O) groups is 1. The number of nitro groups is 1. The monoisotopic (exact) mass is 293 g/mol. The van der Waals surface area contributed by atoms with Gasteiger partial charge in [0.15, 0.2) is 0 Å². The number of likely N-dealkylation sites (tertiary alicyclic amines) is 1. The molecule has 1 aromatic carbocycles. The smallest absolute Gasteiger partial charge is 0.292 e. The number of aliphatic hydroxyl groups is 1. The van der Waals surface area contributed by atoms with Gasteiger partial charge in [-0.3, -0.25) is 14.9 Å². The first-order valence-corrected chi connectivity index (χ1v) is 6.96. The van der Waals surface area contributed by atoms with E-state index in [1.807, 2.05) is 0 Å². The van der Waals surface area contributed by atoms with E-state index in [2.05, 4.69) is 5.32 Å². The fourth-order valence-corrected chi connectivity index (χ4v) is 2.65. The molecule has 7 heteroatoms. The van der Waals surface area contributed by atoms with Crippen LogP contribution in [0.4, 0.5) is 11.4 Å². The largest absolute Gasteiger partial charge is 0.394 e. The van der Waals surface area contributed by atoms with Crippen LogP contribution >= 0.6 is 0 Å². The first-order chi connectivity index (χ1) is 10.1. The summed E-state index contributed by atoms with van der Waals surface area (Å²) < 4.78 is 0. The Hall–Kier alpha value is -2.15. The summed E-state index contributed by atoms with van der Waals surface area (Å²) >= 11 is 0. The molecule has 114 valence electrons. The van der Waals surface area contributed by atoms with Crippen molar-refractivity contribution in [2.75, 3.05) is 25.5 Å².